The molecule has 1 heteroatoms. The minimum Gasteiger partial charge on any atom is -0.325 e. The van der Waals surface area contributed by atoms with Gasteiger partial charge in [-0.15, -0.1) is 0 Å². The first-order valence-corrected chi connectivity index (χ1v) is 5.80. The van der Waals surface area contributed by atoms with Gasteiger partial charge in [0.05, 0.1) is 0 Å². The first-order valence-electron chi connectivity index (χ1n) is 5.80. The Kier molecular flexibility index (Phi) is 1.36. The Morgan fingerprint density at radius 3 is 2.00 bits per heavy atom. The van der Waals surface area contributed by atoms with Crippen LogP contribution in [0.25, 0.3) is 0 Å². The van der Waals surface area contributed by atoms with Crippen molar-refractivity contribution in [3.63, 3.8) is 0 Å². The van der Waals surface area contributed by atoms with Gasteiger partial charge in [-0.2, -0.15) is 0 Å². The van der Waals surface area contributed by atoms with Crippen molar-refractivity contribution in [3.8, 4) is 0 Å². The van der Waals surface area contributed by atoms with Gasteiger partial charge in [0.1, 0.15) is 0 Å². The molecule has 3 atom stereocenters. The standard InChI is InChI=1S/C12H21N/c1-11-6-8-3-9(7-11)5-10(4-8)12(11,2)13/h8-10H,3-7,13H2,1-2H3. The lowest BCUT2D eigenvalue weighted by molar-refractivity contribution is -0.108. The van der Waals surface area contributed by atoms with E-state index in [0.29, 0.717) is 5.41 Å². The minimum atomic E-state index is 0.139. The van der Waals surface area contributed by atoms with Crippen LogP contribution in [0.2, 0.25) is 0 Å². The lowest BCUT2D eigenvalue weighted by atomic mass is 9.43. The number of rotatable bonds is 0. The molecule has 4 aliphatic rings. The molecule has 0 spiro atoms. The molecule has 0 heterocycles. The van der Waals surface area contributed by atoms with Crippen LogP contribution in [-0.4, -0.2) is 5.54 Å². The van der Waals surface area contributed by atoms with Crippen molar-refractivity contribution in [3.05, 3.63) is 0 Å². The Labute approximate surface area is 81.1 Å². The van der Waals surface area contributed by atoms with Crippen molar-refractivity contribution >= 4 is 0 Å². The zero-order valence-electron chi connectivity index (χ0n) is 8.84. The summed E-state index contributed by atoms with van der Waals surface area (Å²) in [6.07, 6.45) is 7.19. The van der Waals surface area contributed by atoms with Gasteiger partial charge in [0, 0.05) is 5.54 Å². The van der Waals surface area contributed by atoms with E-state index in [0.717, 1.165) is 17.8 Å². The van der Waals surface area contributed by atoms with E-state index in [1.807, 2.05) is 0 Å². The summed E-state index contributed by atoms with van der Waals surface area (Å²) >= 11 is 0. The third kappa shape index (κ3) is 0.869. The molecule has 0 aliphatic heterocycles. The van der Waals surface area contributed by atoms with E-state index in [1.54, 1.807) is 0 Å². The molecule has 0 aromatic heterocycles. The predicted octanol–water partition coefficient (Wildman–Crippen LogP) is 2.55. The number of hydrogen-bond acceptors (Lipinski definition) is 1. The second-order valence-electron chi connectivity index (χ2n) is 6.39. The highest BCUT2D eigenvalue weighted by molar-refractivity contribution is 5.13. The summed E-state index contributed by atoms with van der Waals surface area (Å²) < 4.78 is 0. The van der Waals surface area contributed by atoms with Crippen molar-refractivity contribution in [2.24, 2.45) is 28.9 Å². The van der Waals surface area contributed by atoms with E-state index in [-0.39, 0.29) is 5.54 Å². The summed E-state index contributed by atoms with van der Waals surface area (Å²) in [7, 11) is 0. The minimum absolute atomic E-state index is 0.139. The molecular weight excluding hydrogens is 158 g/mol. The second-order valence-corrected chi connectivity index (χ2v) is 6.39. The molecule has 2 N–H and O–H groups in total. The van der Waals surface area contributed by atoms with Crippen molar-refractivity contribution < 1.29 is 0 Å². The maximum Gasteiger partial charge on any atom is 0.0209 e. The first-order chi connectivity index (χ1) is 6.01. The number of nitrogens with two attached hydrogens (primary N) is 1. The van der Waals surface area contributed by atoms with Crippen LogP contribution in [-0.2, 0) is 0 Å². The third-order valence-electron chi connectivity index (χ3n) is 5.53. The third-order valence-corrected chi connectivity index (χ3v) is 5.53. The lowest BCUT2D eigenvalue weighted by Crippen LogP contribution is -2.66. The van der Waals surface area contributed by atoms with Crippen molar-refractivity contribution in [2.45, 2.75) is 51.5 Å². The van der Waals surface area contributed by atoms with Crippen LogP contribution in [0, 0.1) is 23.2 Å². The summed E-state index contributed by atoms with van der Waals surface area (Å²) in [5.74, 6) is 2.89. The van der Waals surface area contributed by atoms with E-state index >= 15 is 0 Å². The van der Waals surface area contributed by atoms with Crippen molar-refractivity contribution in [1.82, 2.24) is 0 Å². The van der Waals surface area contributed by atoms with E-state index in [2.05, 4.69) is 13.8 Å². The smallest absolute Gasteiger partial charge is 0.0209 e. The summed E-state index contributed by atoms with van der Waals surface area (Å²) in [6, 6.07) is 0. The summed E-state index contributed by atoms with van der Waals surface area (Å²) in [4.78, 5) is 0. The molecule has 0 aromatic carbocycles. The monoisotopic (exact) mass is 179 g/mol. The molecule has 13 heavy (non-hydrogen) atoms. The average molecular weight is 179 g/mol. The molecule has 3 unspecified atom stereocenters. The summed E-state index contributed by atoms with van der Waals surface area (Å²) in [5, 5.41) is 0. The lowest BCUT2D eigenvalue weighted by Gasteiger charge is -2.64. The van der Waals surface area contributed by atoms with Crippen molar-refractivity contribution in [2.75, 3.05) is 0 Å². The Balaban J connectivity index is 2.03. The van der Waals surface area contributed by atoms with Crippen LogP contribution in [0.15, 0.2) is 0 Å². The fraction of sp³-hybridized carbons (Fsp3) is 1.00. The molecular formula is C12H21N. The van der Waals surface area contributed by atoms with Gasteiger partial charge in [-0.05, 0) is 62.2 Å². The molecule has 4 saturated carbocycles. The molecule has 4 rings (SSSR count). The fourth-order valence-electron chi connectivity index (χ4n) is 4.68. The molecule has 0 amide bonds. The maximum absolute atomic E-state index is 6.54. The van der Waals surface area contributed by atoms with Gasteiger partial charge < -0.3 is 5.73 Å². The topological polar surface area (TPSA) is 26.0 Å². The molecule has 4 aliphatic carbocycles. The Bertz CT molecular complexity index is 230. The highest BCUT2D eigenvalue weighted by Crippen LogP contribution is 2.63. The van der Waals surface area contributed by atoms with Gasteiger partial charge in [0.15, 0.2) is 0 Å². The fourth-order valence-corrected chi connectivity index (χ4v) is 4.68. The Hall–Kier alpha value is -0.0400. The Morgan fingerprint density at radius 2 is 1.54 bits per heavy atom. The number of hydrogen-bond donors (Lipinski definition) is 1. The van der Waals surface area contributed by atoms with Gasteiger partial charge in [0.2, 0.25) is 0 Å². The molecule has 0 saturated heterocycles. The normalized spacial score (nSPS) is 64.4. The van der Waals surface area contributed by atoms with E-state index < -0.39 is 0 Å². The van der Waals surface area contributed by atoms with E-state index in [4.69, 9.17) is 5.73 Å². The second kappa shape index (κ2) is 2.13. The van der Waals surface area contributed by atoms with Gasteiger partial charge in [-0.25, -0.2) is 0 Å². The van der Waals surface area contributed by atoms with Gasteiger partial charge in [-0.1, -0.05) is 6.92 Å². The van der Waals surface area contributed by atoms with E-state index in [9.17, 15) is 0 Å². The van der Waals surface area contributed by atoms with Gasteiger partial charge in [-0.3, -0.25) is 0 Å². The summed E-state index contributed by atoms with van der Waals surface area (Å²) in [6.45, 7) is 4.76. The highest BCUT2D eigenvalue weighted by Gasteiger charge is 2.59. The average Bonchev–Trinajstić information content (AvgIpc) is 1.99. The van der Waals surface area contributed by atoms with Crippen LogP contribution in [0.1, 0.15) is 46.0 Å². The first kappa shape index (κ1) is 8.28. The molecule has 0 aromatic rings. The molecule has 4 bridgehead atoms. The molecule has 74 valence electrons. The predicted molar refractivity (Wildman–Crippen MR) is 54.3 cm³/mol. The van der Waals surface area contributed by atoms with Crippen LogP contribution in [0.5, 0.6) is 0 Å². The quantitative estimate of drug-likeness (QED) is 0.607. The van der Waals surface area contributed by atoms with Crippen molar-refractivity contribution in [1.29, 1.82) is 0 Å². The molecule has 1 nitrogen and oxygen atoms in total. The van der Waals surface area contributed by atoms with Gasteiger partial charge in [0.25, 0.3) is 0 Å². The molecule has 4 fully saturated rings. The van der Waals surface area contributed by atoms with E-state index in [1.165, 1.54) is 32.1 Å². The van der Waals surface area contributed by atoms with Crippen LogP contribution in [0.3, 0.4) is 0 Å². The zero-order chi connectivity index (χ0) is 9.27. The zero-order valence-corrected chi connectivity index (χ0v) is 8.84. The largest absolute Gasteiger partial charge is 0.325 e. The van der Waals surface area contributed by atoms with Crippen LogP contribution < -0.4 is 5.73 Å². The SMILES string of the molecule is CC12CC3CC(CC(C3)C1(C)N)C2. The van der Waals surface area contributed by atoms with Crippen LogP contribution >= 0.6 is 0 Å². The summed E-state index contributed by atoms with van der Waals surface area (Å²) in [5.41, 5.74) is 7.16. The molecule has 0 radical (unpaired) electrons. The highest BCUT2D eigenvalue weighted by atomic mass is 14.8. The maximum atomic E-state index is 6.54. The Morgan fingerprint density at radius 1 is 1.00 bits per heavy atom. The van der Waals surface area contributed by atoms with Crippen LogP contribution in [0.4, 0.5) is 0 Å². The van der Waals surface area contributed by atoms with Gasteiger partial charge >= 0.3 is 0 Å².